The predicted molar refractivity (Wildman–Crippen MR) is 269 cm³/mol. The lowest BCUT2D eigenvalue weighted by Gasteiger charge is -2.58. The van der Waals surface area contributed by atoms with Crippen LogP contribution >= 0.6 is 0 Å². The number of amides is 1. The number of nitrogens with one attached hydrogen (secondary N) is 3. The second-order valence-corrected chi connectivity index (χ2v) is 24.2. The first-order chi connectivity index (χ1) is 34.1. The molecule has 4 N–H and O–H groups in total. The summed E-state index contributed by atoms with van der Waals surface area (Å²) in [4.78, 5) is 40.8. The smallest absolute Gasteiger partial charge is 0.312 e. The second-order valence-electron chi connectivity index (χ2n) is 20.6. The first-order valence-corrected chi connectivity index (χ1v) is 27.7. The fraction of sp³-hybridized carbons (Fsp3) is 0.500. The van der Waals surface area contributed by atoms with Gasteiger partial charge in [-0.2, -0.15) is 9.29 Å². The van der Waals surface area contributed by atoms with Gasteiger partial charge in [0.25, 0.3) is 21.8 Å². The van der Waals surface area contributed by atoms with E-state index in [1.165, 1.54) is 36.6 Å². The Morgan fingerprint density at radius 2 is 1.74 bits per heavy atom. The van der Waals surface area contributed by atoms with Gasteiger partial charge in [0.1, 0.15) is 22.1 Å². The topological polar surface area (TPSA) is 243 Å². The van der Waals surface area contributed by atoms with Crippen molar-refractivity contribution < 1.29 is 45.5 Å². The van der Waals surface area contributed by atoms with Gasteiger partial charge >= 0.3 is 5.69 Å². The molecule has 1 amide bonds. The summed E-state index contributed by atoms with van der Waals surface area (Å²) in [5.74, 6) is -1.64. The average molecular weight is 1030 g/mol. The number of anilines is 2. The van der Waals surface area contributed by atoms with E-state index in [1.54, 1.807) is 23.4 Å². The number of aromatic amines is 1. The third-order valence-electron chi connectivity index (χ3n) is 15.3. The zero-order chi connectivity index (χ0) is 51.3. The van der Waals surface area contributed by atoms with Gasteiger partial charge in [-0.05, 0) is 98.8 Å². The molecular weight excluding hydrogens is 970 g/mol. The minimum absolute atomic E-state index is 0.0386. The van der Waals surface area contributed by atoms with Crippen molar-refractivity contribution in [1.82, 2.24) is 28.9 Å². The molecular formula is C50H62FN9O10S2. The molecule has 0 bridgehead atoms. The number of benzene rings is 2. The van der Waals surface area contributed by atoms with Crippen molar-refractivity contribution in [2.24, 2.45) is 11.3 Å². The van der Waals surface area contributed by atoms with Gasteiger partial charge in [0.2, 0.25) is 15.8 Å². The molecule has 2 aliphatic carbocycles. The number of aliphatic hydroxyl groups is 1. The average Bonchev–Trinajstić information content (AvgIpc) is 3.70. The van der Waals surface area contributed by atoms with Crippen molar-refractivity contribution in [3.63, 3.8) is 0 Å². The number of pyridine rings is 2. The second kappa shape index (κ2) is 19.8. The highest BCUT2D eigenvalue weighted by atomic mass is 32.2. The summed E-state index contributed by atoms with van der Waals surface area (Å²) in [6.45, 7) is 9.24. The minimum atomic E-state index is -4.76. The van der Waals surface area contributed by atoms with Crippen LogP contribution in [0.1, 0.15) is 106 Å². The van der Waals surface area contributed by atoms with Crippen molar-refractivity contribution in [3.05, 3.63) is 99.6 Å². The fourth-order valence-corrected chi connectivity index (χ4v) is 12.8. The van der Waals surface area contributed by atoms with E-state index in [0.717, 1.165) is 44.1 Å². The van der Waals surface area contributed by atoms with Crippen molar-refractivity contribution >= 4 is 54.2 Å². The highest BCUT2D eigenvalue weighted by molar-refractivity contribution is 7.90. The third kappa shape index (κ3) is 10.6. The molecule has 22 heteroatoms. The molecule has 72 heavy (non-hydrogen) atoms. The summed E-state index contributed by atoms with van der Waals surface area (Å²) in [5, 5.41) is 25.6. The Labute approximate surface area is 418 Å². The number of hydrogen-bond donors (Lipinski definition) is 4. The van der Waals surface area contributed by atoms with Gasteiger partial charge in [-0.1, -0.05) is 38.1 Å². The highest BCUT2D eigenvalue weighted by Gasteiger charge is 2.50. The van der Waals surface area contributed by atoms with Crippen LogP contribution in [0.5, 0.6) is 17.4 Å². The summed E-state index contributed by atoms with van der Waals surface area (Å²) < 4.78 is 83.5. The van der Waals surface area contributed by atoms with E-state index in [-0.39, 0.29) is 69.1 Å². The molecule has 386 valence electrons. The molecule has 9 rings (SSSR count). The van der Waals surface area contributed by atoms with Gasteiger partial charge in [0.05, 0.1) is 41.0 Å². The molecule has 2 aromatic carbocycles. The molecule has 2 saturated heterocycles. The number of hydrogen-bond acceptors (Lipinski definition) is 15. The summed E-state index contributed by atoms with van der Waals surface area (Å²) in [7, 11) is -6.79. The molecule has 2 aliphatic heterocycles. The number of H-pyrrole nitrogens is 1. The van der Waals surface area contributed by atoms with Gasteiger partial charge in [0.15, 0.2) is 5.75 Å². The molecule has 3 aromatic heterocycles. The Kier molecular flexibility index (Phi) is 14.0. The first kappa shape index (κ1) is 51.0. The number of carbonyl (C=O) groups excluding carboxylic acids is 1. The van der Waals surface area contributed by atoms with Crippen molar-refractivity contribution in [3.8, 4) is 17.4 Å². The quantitative estimate of drug-likeness (QED) is 0.0587. The molecule has 2 saturated carbocycles. The van der Waals surface area contributed by atoms with Crippen LogP contribution in [0.15, 0.2) is 71.9 Å². The van der Waals surface area contributed by atoms with E-state index >= 15 is 0 Å². The van der Waals surface area contributed by atoms with E-state index in [9.17, 15) is 41.2 Å². The Morgan fingerprint density at radius 1 is 1.01 bits per heavy atom. The summed E-state index contributed by atoms with van der Waals surface area (Å²) in [5.41, 5.74) is 1.76. The number of rotatable bonds is 15. The number of nitro groups is 1. The Bertz CT molecular complexity index is 3090. The molecule has 4 fully saturated rings. The summed E-state index contributed by atoms with van der Waals surface area (Å²) in [6.07, 6.45) is 9.59. The van der Waals surface area contributed by atoms with Crippen LogP contribution in [0.3, 0.4) is 0 Å². The number of piperidine rings is 1. The first-order valence-electron chi connectivity index (χ1n) is 24.4. The standard InChI is InChI=1S/C50H62FN9O10S2/c1-31(2)36-8-6-7-9-37(36)42-30-58(71(5,65)66)20-21-59(42)34-25-50(26-34)16-18-57(19-17-50)33-10-11-38(43(22-33)70-44-24-39-40(51)29-54-45(39)55-48(44)69-4)47(61)56-72(67,68)35-23-41(60(63)64)46(53-28-35)52-27-32-12-14-49(3,62)15-13-32/h6-11,22-24,28-29,31-32,34,42,62H,12-21,25-27,30H2,1-5H3,(H,52,53)(H,54,55)(H,56,61)/t32?,42-,49?/m0/s1. The number of piperazine rings is 1. The van der Waals surface area contributed by atoms with Crippen LogP contribution in [-0.2, 0) is 20.0 Å². The maximum Gasteiger partial charge on any atom is 0.312 e. The van der Waals surface area contributed by atoms with Crippen LogP contribution in [0.25, 0.3) is 11.0 Å². The third-order valence-corrected chi connectivity index (χ3v) is 17.9. The van der Waals surface area contributed by atoms with E-state index in [4.69, 9.17) is 9.47 Å². The molecule has 5 aromatic rings. The SMILES string of the molecule is COc1nc2[nH]cc(F)c2cc1Oc1cc(N2CCC3(CC2)CC(N2CCN(S(C)(=O)=O)C[C@H]2c2ccccc2C(C)C)C3)ccc1C(=O)NS(=O)(=O)c1cnc(NCC2CCC(C)(O)CC2)c([N+](=O)[O-])c1. The molecule has 5 heterocycles. The van der Waals surface area contributed by atoms with E-state index < -0.39 is 52.9 Å². The molecule has 1 spiro atoms. The van der Waals surface area contributed by atoms with Gasteiger partial charge in [-0.3, -0.25) is 19.8 Å². The monoisotopic (exact) mass is 1030 g/mol. The van der Waals surface area contributed by atoms with Gasteiger partial charge in [-0.15, -0.1) is 0 Å². The van der Waals surface area contributed by atoms with E-state index in [0.29, 0.717) is 70.6 Å². The zero-order valence-electron chi connectivity index (χ0n) is 41.1. The fourth-order valence-electron chi connectivity index (χ4n) is 11.1. The van der Waals surface area contributed by atoms with Crippen LogP contribution in [-0.4, -0.2) is 121 Å². The van der Waals surface area contributed by atoms with Crippen LogP contribution in [0, 0.1) is 27.3 Å². The lowest BCUT2D eigenvalue weighted by atomic mass is 9.59. The molecule has 0 radical (unpaired) electrons. The lowest BCUT2D eigenvalue weighted by molar-refractivity contribution is -0.384. The highest BCUT2D eigenvalue weighted by Crippen LogP contribution is 2.53. The normalized spacial score (nSPS) is 22.2. The van der Waals surface area contributed by atoms with Gasteiger partial charge in [-0.25, -0.2) is 30.9 Å². The molecule has 1 atom stereocenters. The minimum Gasteiger partial charge on any atom is -0.478 e. The van der Waals surface area contributed by atoms with Gasteiger partial charge < -0.3 is 29.8 Å². The summed E-state index contributed by atoms with van der Waals surface area (Å²) >= 11 is 0. The molecule has 19 nitrogen and oxygen atoms in total. The number of nitrogens with zero attached hydrogens (tertiary/aromatic N) is 6. The number of aromatic nitrogens is 3. The largest absolute Gasteiger partial charge is 0.478 e. The van der Waals surface area contributed by atoms with Crippen molar-refractivity contribution in [2.45, 2.75) is 101 Å². The Balaban J connectivity index is 0.933. The number of halogens is 1. The van der Waals surface area contributed by atoms with Gasteiger partial charge in [0, 0.05) is 81.4 Å². The lowest BCUT2D eigenvalue weighted by Crippen LogP contribution is -2.60. The summed E-state index contributed by atoms with van der Waals surface area (Å²) in [6, 6.07) is 15.5. The predicted octanol–water partition coefficient (Wildman–Crippen LogP) is 7.47. The van der Waals surface area contributed by atoms with Crippen LogP contribution < -0.4 is 24.4 Å². The Morgan fingerprint density at radius 3 is 2.42 bits per heavy atom. The Hall–Kier alpha value is -5.94. The van der Waals surface area contributed by atoms with Crippen LogP contribution in [0.2, 0.25) is 0 Å². The van der Waals surface area contributed by atoms with Crippen LogP contribution in [0.4, 0.5) is 21.6 Å². The molecule has 4 aliphatic rings. The maximum absolute atomic E-state index is 14.9. The molecule has 0 unspecified atom stereocenters. The number of sulfonamides is 2. The maximum atomic E-state index is 14.9. The van der Waals surface area contributed by atoms with Crippen molar-refractivity contribution in [1.29, 1.82) is 0 Å². The number of ether oxygens (including phenoxy) is 2. The number of methoxy groups -OCH3 is 1. The zero-order valence-corrected chi connectivity index (χ0v) is 42.7. The van der Waals surface area contributed by atoms with E-state index in [1.807, 2.05) is 16.9 Å². The number of fused-ring (bicyclic) bond motifs is 1. The number of carbonyl (C=O) groups is 1. The van der Waals surface area contributed by atoms with Crippen molar-refractivity contribution in [2.75, 3.05) is 62.9 Å². The van der Waals surface area contributed by atoms with E-state index in [2.05, 4.69) is 56.0 Å².